The maximum atomic E-state index is 12.5. The van der Waals surface area contributed by atoms with Crippen molar-refractivity contribution in [1.29, 1.82) is 0 Å². The van der Waals surface area contributed by atoms with Gasteiger partial charge in [0.1, 0.15) is 5.76 Å². The summed E-state index contributed by atoms with van der Waals surface area (Å²) in [6.45, 7) is 1.97. The highest BCUT2D eigenvalue weighted by atomic mass is 16.4. The first-order valence-corrected chi connectivity index (χ1v) is 7.00. The first-order valence-electron chi connectivity index (χ1n) is 7.00. The van der Waals surface area contributed by atoms with Crippen LogP contribution in [0, 0.1) is 0 Å². The van der Waals surface area contributed by atoms with Gasteiger partial charge >= 0.3 is 0 Å². The van der Waals surface area contributed by atoms with Gasteiger partial charge in [0, 0.05) is 23.8 Å². The molecule has 2 aromatic carbocycles. The normalized spacial score (nSPS) is 10.9. The fourth-order valence-electron chi connectivity index (χ4n) is 2.45. The highest BCUT2D eigenvalue weighted by Crippen LogP contribution is 2.31. The molecule has 0 amide bonds. The molecule has 3 heteroatoms. The predicted octanol–water partition coefficient (Wildman–Crippen LogP) is 4.13. The zero-order valence-corrected chi connectivity index (χ0v) is 11.8. The smallest absolute Gasteiger partial charge is 0.176 e. The van der Waals surface area contributed by atoms with Crippen LogP contribution in [0.15, 0.2) is 52.9 Å². The minimum atomic E-state index is 0.0228. The van der Waals surface area contributed by atoms with E-state index in [0.717, 1.165) is 17.7 Å². The first kappa shape index (κ1) is 13.4. The van der Waals surface area contributed by atoms with E-state index in [1.54, 1.807) is 6.07 Å². The van der Waals surface area contributed by atoms with Crippen molar-refractivity contribution in [2.45, 2.75) is 19.8 Å². The largest absolute Gasteiger partial charge is 0.504 e. The van der Waals surface area contributed by atoms with Crippen molar-refractivity contribution in [1.82, 2.24) is 0 Å². The Morgan fingerprint density at radius 2 is 1.90 bits per heavy atom. The minimum absolute atomic E-state index is 0.0228. The number of fused-ring (bicyclic) bond motifs is 1. The van der Waals surface area contributed by atoms with Gasteiger partial charge in [-0.25, -0.2) is 0 Å². The van der Waals surface area contributed by atoms with Crippen LogP contribution in [0.2, 0.25) is 0 Å². The van der Waals surface area contributed by atoms with Crippen molar-refractivity contribution in [3.8, 4) is 5.75 Å². The maximum absolute atomic E-state index is 12.5. The number of hydrogen-bond donors (Lipinski definition) is 1. The number of carbonyl (C=O) groups excluding carboxylic acids is 1. The minimum Gasteiger partial charge on any atom is -0.504 e. The topological polar surface area (TPSA) is 50.4 Å². The third-order valence-corrected chi connectivity index (χ3v) is 3.57. The fraction of sp³-hybridized carbons (Fsp3) is 0.167. The lowest BCUT2D eigenvalue weighted by Crippen LogP contribution is -2.03. The van der Waals surface area contributed by atoms with Crippen LogP contribution in [0.5, 0.6) is 5.75 Å². The van der Waals surface area contributed by atoms with Gasteiger partial charge in [0.05, 0.1) is 0 Å². The molecule has 1 heterocycles. The second-order valence-corrected chi connectivity index (χ2v) is 5.03. The van der Waals surface area contributed by atoms with Crippen molar-refractivity contribution in [3.05, 3.63) is 65.4 Å². The lowest BCUT2D eigenvalue weighted by molar-refractivity contribution is 0.0994. The second-order valence-electron chi connectivity index (χ2n) is 5.03. The van der Waals surface area contributed by atoms with Crippen molar-refractivity contribution < 1.29 is 14.3 Å². The summed E-state index contributed by atoms with van der Waals surface area (Å²) < 4.78 is 5.59. The molecule has 0 aliphatic rings. The molecule has 1 aromatic heterocycles. The Balaban J connectivity index is 2.02. The summed E-state index contributed by atoms with van der Waals surface area (Å²) in [4.78, 5) is 12.5. The van der Waals surface area contributed by atoms with Gasteiger partial charge in [0.25, 0.3) is 0 Å². The number of benzene rings is 2. The number of phenols is 1. The number of ketones is 1. The Bertz CT molecular complexity index is 785. The van der Waals surface area contributed by atoms with Gasteiger partial charge in [0.2, 0.25) is 0 Å². The number of carbonyl (C=O) groups is 1. The molecule has 1 N–H and O–H groups in total. The van der Waals surface area contributed by atoms with Crippen LogP contribution >= 0.6 is 0 Å². The average Bonchev–Trinajstić information content (AvgIpc) is 2.93. The summed E-state index contributed by atoms with van der Waals surface area (Å²) in [5, 5.41) is 10.6. The molecule has 106 valence electrons. The van der Waals surface area contributed by atoms with Crippen molar-refractivity contribution in [2.24, 2.45) is 0 Å². The van der Waals surface area contributed by atoms with E-state index >= 15 is 0 Å². The van der Waals surface area contributed by atoms with Gasteiger partial charge < -0.3 is 9.52 Å². The Labute approximate surface area is 122 Å². The van der Waals surface area contributed by atoms with E-state index in [1.807, 2.05) is 43.3 Å². The molecule has 0 saturated heterocycles. The molecule has 0 atom stereocenters. The van der Waals surface area contributed by atoms with Crippen LogP contribution in [0.4, 0.5) is 0 Å². The fourth-order valence-corrected chi connectivity index (χ4v) is 2.45. The number of Topliss-reactive ketones (excluding diaryl/α,β-unsaturated/α-hetero) is 1. The Morgan fingerprint density at radius 1 is 1.14 bits per heavy atom. The van der Waals surface area contributed by atoms with Crippen LogP contribution in [-0.2, 0) is 12.8 Å². The number of hydrogen-bond acceptors (Lipinski definition) is 3. The van der Waals surface area contributed by atoms with Crippen molar-refractivity contribution in [2.75, 3.05) is 0 Å². The molecule has 0 aliphatic carbocycles. The molecule has 3 aromatic rings. The van der Waals surface area contributed by atoms with E-state index in [0.29, 0.717) is 23.0 Å². The Kier molecular flexibility index (Phi) is 3.48. The van der Waals surface area contributed by atoms with Gasteiger partial charge in [0.15, 0.2) is 17.1 Å². The van der Waals surface area contributed by atoms with Crippen molar-refractivity contribution >= 4 is 16.8 Å². The molecule has 0 radical (unpaired) electrons. The summed E-state index contributed by atoms with van der Waals surface area (Å²) in [5.41, 5.74) is 1.96. The molecular formula is C18H16O3. The number of aromatic hydroxyl groups is 1. The van der Waals surface area contributed by atoms with Gasteiger partial charge in [-0.1, -0.05) is 37.3 Å². The molecule has 0 spiro atoms. The molecule has 0 fully saturated rings. The van der Waals surface area contributed by atoms with E-state index in [9.17, 15) is 9.90 Å². The summed E-state index contributed by atoms with van der Waals surface area (Å²) >= 11 is 0. The zero-order chi connectivity index (χ0) is 14.8. The highest BCUT2D eigenvalue weighted by molar-refractivity contribution is 6.09. The summed E-state index contributed by atoms with van der Waals surface area (Å²) in [5.74, 6) is 0.857. The Hall–Kier alpha value is -2.55. The van der Waals surface area contributed by atoms with Crippen LogP contribution < -0.4 is 0 Å². The zero-order valence-electron chi connectivity index (χ0n) is 11.8. The number of phenolic OH excluding ortho intramolecular Hbond substituents is 1. The van der Waals surface area contributed by atoms with Gasteiger partial charge in [-0.15, -0.1) is 0 Å². The maximum Gasteiger partial charge on any atom is 0.176 e. The summed E-state index contributed by atoms with van der Waals surface area (Å²) in [7, 11) is 0. The van der Waals surface area contributed by atoms with E-state index in [-0.39, 0.29) is 11.5 Å². The number of rotatable bonds is 4. The SMILES string of the molecule is CCc1cc2c(C(=O)Cc3ccccc3)ccc(O)c2o1. The van der Waals surface area contributed by atoms with Crippen LogP contribution in [0.3, 0.4) is 0 Å². The highest BCUT2D eigenvalue weighted by Gasteiger charge is 2.16. The molecule has 0 saturated carbocycles. The quantitative estimate of drug-likeness (QED) is 0.731. The van der Waals surface area contributed by atoms with E-state index < -0.39 is 0 Å². The lowest BCUT2D eigenvalue weighted by Gasteiger charge is -2.03. The monoisotopic (exact) mass is 280 g/mol. The third-order valence-electron chi connectivity index (χ3n) is 3.57. The molecule has 0 aliphatic heterocycles. The molecular weight excluding hydrogens is 264 g/mol. The van der Waals surface area contributed by atoms with Gasteiger partial charge in [-0.05, 0) is 23.8 Å². The molecule has 21 heavy (non-hydrogen) atoms. The average molecular weight is 280 g/mol. The van der Waals surface area contributed by atoms with Crippen LogP contribution in [0.1, 0.15) is 28.6 Å². The first-order chi connectivity index (χ1) is 10.2. The lowest BCUT2D eigenvalue weighted by atomic mass is 10.00. The molecule has 0 unspecified atom stereocenters. The van der Waals surface area contributed by atoms with Crippen LogP contribution in [-0.4, -0.2) is 10.9 Å². The van der Waals surface area contributed by atoms with Gasteiger partial charge in [-0.3, -0.25) is 4.79 Å². The van der Waals surface area contributed by atoms with E-state index in [4.69, 9.17) is 4.42 Å². The van der Waals surface area contributed by atoms with E-state index in [1.165, 1.54) is 6.07 Å². The number of aryl methyl sites for hydroxylation is 1. The Morgan fingerprint density at radius 3 is 2.62 bits per heavy atom. The second kappa shape index (κ2) is 5.44. The van der Waals surface area contributed by atoms with E-state index in [2.05, 4.69) is 0 Å². The molecule has 3 rings (SSSR count). The predicted molar refractivity (Wildman–Crippen MR) is 81.7 cm³/mol. The molecule has 0 bridgehead atoms. The summed E-state index contributed by atoms with van der Waals surface area (Å²) in [6, 6.07) is 14.7. The number of furan rings is 1. The van der Waals surface area contributed by atoms with Crippen LogP contribution in [0.25, 0.3) is 11.0 Å². The third kappa shape index (κ3) is 2.55. The molecule has 3 nitrogen and oxygen atoms in total. The van der Waals surface area contributed by atoms with Crippen molar-refractivity contribution in [3.63, 3.8) is 0 Å². The standard InChI is InChI=1S/C18H16O3/c1-2-13-11-15-14(8-9-16(19)18(15)21-13)17(20)10-12-6-4-3-5-7-12/h3-9,11,19H,2,10H2,1H3. The van der Waals surface area contributed by atoms with Gasteiger partial charge in [-0.2, -0.15) is 0 Å². The summed E-state index contributed by atoms with van der Waals surface area (Å²) in [6.07, 6.45) is 1.06.